The van der Waals surface area contributed by atoms with Crippen LogP contribution in [0.15, 0.2) is 10.7 Å². The molecule has 3 rings (SSSR count). The lowest BCUT2D eigenvalue weighted by Crippen LogP contribution is -2.08. The lowest BCUT2D eigenvalue weighted by atomic mass is 10.3. The third kappa shape index (κ3) is 2.48. The van der Waals surface area contributed by atoms with Crippen molar-refractivity contribution in [3.05, 3.63) is 23.2 Å². The number of hydrogen-bond acceptors (Lipinski definition) is 7. The fourth-order valence-corrected chi connectivity index (χ4v) is 1.85. The van der Waals surface area contributed by atoms with E-state index in [-0.39, 0.29) is 5.28 Å². The summed E-state index contributed by atoms with van der Waals surface area (Å²) in [4.78, 5) is 12.3. The number of aromatic amines is 1. The smallest absolute Gasteiger partial charge is 0.226 e. The van der Waals surface area contributed by atoms with Gasteiger partial charge in [0, 0.05) is 19.9 Å². The highest BCUT2D eigenvalue weighted by atomic mass is 35.5. The summed E-state index contributed by atoms with van der Waals surface area (Å²) in [7, 11) is 0. The molecule has 0 bridgehead atoms. The molecular formula is C10H10ClN7O. The second-order valence-corrected chi connectivity index (χ2v) is 4.22. The van der Waals surface area contributed by atoms with E-state index in [1.54, 1.807) is 13.1 Å². The van der Waals surface area contributed by atoms with Gasteiger partial charge in [0.25, 0.3) is 0 Å². The predicted molar refractivity (Wildman–Crippen MR) is 67.9 cm³/mol. The molecule has 19 heavy (non-hydrogen) atoms. The zero-order valence-corrected chi connectivity index (χ0v) is 10.8. The van der Waals surface area contributed by atoms with Gasteiger partial charge in [0.1, 0.15) is 5.82 Å². The molecule has 8 nitrogen and oxygen atoms in total. The molecule has 0 saturated carbocycles. The van der Waals surface area contributed by atoms with Crippen LogP contribution in [0.25, 0.3) is 11.0 Å². The van der Waals surface area contributed by atoms with E-state index in [2.05, 4.69) is 35.6 Å². The summed E-state index contributed by atoms with van der Waals surface area (Å²) in [6.45, 7) is 2.36. The Kier molecular flexibility index (Phi) is 3.00. The number of aryl methyl sites for hydroxylation is 1. The SMILES string of the molecule is Cc1nc(CCNc2nc(Cl)nc3[nH]ncc23)no1. The van der Waals surface area contributed by atoms with E-state index in [1.165, 1.54) is 0 Å². The van der Waals surface area contributed by atoms with Gasteiger partial charge in [-0.25, -0.2) is 0 Å². The molecular weight excluding hydrogens is 270 g/mol. The first-order chi connectivity index (χ1) is 9.22. The number of nitrogens with one attached hydrogen (secondary N) is 2. The molecule has 0 unspecified atom stereocenters. The number of H-pyrrole nitrogens is 1. The highest BCUT2D eigenvalue weighted by Gasteiger charge is 2.08. The van der Waals surface area contributed by atoms with Gasteiger partial charge >= 0.3 is 0 Å². The van der Waals surface area contributed by atoms with Gasteiger partial charge in [-0.2, -0.15) is 20.1 Å². The fourth-order valence-electron chi connectivity index (χ4n) is 1.68. The van der Waals surface area contributed by atoms with E-state index < -0.39 is 0 Å². The molecule has 0 saturated heterocycles. The molecule has 0 aliphatic heterocycles. The Hall–Kier alpha value is -2.22. The largest absolute Gasteiger partial charge is 0.369 e. The van der Waals surface area contributed by atoms with E-state index in [1.807, 2.05) is 0 Å². The molecule has 0 aromatic carbocycles. The minimum absolute atomic E-state index is 0.162. The third-order valence-electron chi connectivity index (χ3n) is 2.49. The summed E-state index contributed by atoms with van der Waals surface area (Å²) in [5.41, 5.74) is 0.595. The fraction of sp³-hybridized carbons (Fsp3) is 0.300. The lowest BCUT2D eigenvalue weighted by Gasteiger charge is -2.04. The van der Waals surface area contributed by atoms with Crippen LogP contribution in [0.4, 0.5) is 5.82 Å². The Morgan fingerprint density at radius 2 is 2.26 bits per heavy atom. The van der Waals surface area contributed by atoms with Crippen molar-refractivity contribution in [2.24, 2.45) is 0 Å². The second kappa shape index (κ2) is 4.81. The Bertz CT molecular complexity index is 707. The van der Waals surface area contributed by atoms with Crippen LogP contribution in [0.5, 0.6) is 0 Å². The number of hydrogen-bond donors (Lipinski definition) is 2. The molecule has 98 valence electrons. The van der Waals surface area contributed by atoms with Crippen molar-refractivity contribution in [3.63, 3.8) is 0 Å². The number of rotatable bonds is 4. The van der Waals surface area contributed by atoms with Crippen LogP contribution < -0.4 is 5.32 Å². The van der Waals surface area contributed by atoms with Crippen LogP contribution in [0.3, 0.4) is 0 Å². The minimum atomic E-state index is 0.162. The minimum Gasteiger partial charge on any atom is -0.369 e. The molecule has 3 aromatic rings. The summed E-state index contributed by atoms with van der Waals surface area (Å²) in [6.07, 6.45) is 2.27. The van der Waals surface area contributed by atoms with Gasteiger partial charge in [-0.1, -0.05) is 5.16 Å². The Labute approximate surface area is 112 Å². The monoisotopic (exact) mass is 279 g/mol. The van der Waals surface area contributed by atoms with Gasteiger partial charge in [-0.05, 0) is 11.6 Å². The third-order valence-corrected chi connectivity index (χ3v) is 2.66. The number of fused-ring (bicyclic) bond motifs is 1. The Balaban J connectivity index is 1.73. The topological polar surface area (TPSA) is 105 Å². The summed E-state index contributed by atoms with van der Waals surface area (Å²) in [5, 5.41) is 14.6. The molecule has 0 spiro atoms. The van der Waals surface area contributed by atoms with E-state index in [9.17, 15) is 0 Å². The zero-order chi connectivity index (χ0) is 13.2. The first kappa shape index (κ1) is 11.8. The molecule has 2 N–H and O–H groups in total. The van der Waals surface area contributed by atoms with Crippen molar-refractivity contribution in [1.82, 2.24) is 30.3 Å². The Morgan fingerprint density at radius 1 is 1.37 bits per heavy atom. The molecule has 3 heterocycles. The first-order valence-electron chi connectivity index (χ1n) is 5.62. The van der Waals surface area contributed by atoms with Crippen molar-refractivity contribution in [2.45, 2.75) is 13.3 Å². The van der Waals surface area contributed by atoms with Gasteiger partial charge < -0.3 is 9.84 Å². The summed E-state index contributed by atoms with van der Waals surface area (Å²) < 4.78 is 4.89. The standard InChI is InChI=1S/C10H10ClN7O/c1-5-14-7(18-19-5)2-3-12-8-6-4-13-17-9(6)16-10(11)15-8/h4H,2-3H2,1H3,(H2,12,13,15,16,17). The van der Waals surface area contributed by atoms with E-state index in [4.69, 9.17) is 16.1 Å². The Morgan fingerprint density at radius 3 is 3.05 bits per heavy atom. The van der Waals surface area contributed by atoms with Crippen molar-refractivity contribution < 1.29 is 4.52 Å². The predicted octanol–water partition coefficient (Wildman–Crippen LogP) is 1.35. The van der Waals surface area contributed by atoms with Gasteiger partial charge in [0.05, 0.1) is 11.6 Å². The molecule has 0 aliphatic rings. The van der Waals surface area contributed by atoms with Crippen LogP contribution >= 0.6 is 11.6 Å². The van der Waals surface area contributed by atoms with E-state index >= 15 is 0 Å². The van der Waals surface area contributed by atoms with E-state index in [0.29, 0.717) is 36.1 Å². The lowest BCUT2D eigenvalue weighted by molar-refractivity contribution is 0.387. The average molecular weight is 280 g/mol. The maximum atomic E-state index is 5.83. The summed E-state index contributed by atoms with van der Waals surface area (Å²) in [5.74, 6) is 1.83. The normalized spacial score (nSPS) is 11.1. The molecule has 9 heteroatoms. The van der Waals surface area contributed by atoms with Crippen molar-refractivity contribution >= 4 is 28.5 Å². The highest BCUT2D eigenvalue weighted by molar-refractivity contribution is 6.28. The molecule has 3 aromatic heterocycles. The molecule has 0 atom stereocenters. The van der Waals surface area contributed by atoms with Gasteiger partial charge in [-0.15, -0.1) is 0 Å². The highest BCUT2D eigenvalue weighted by Crippen LogP contribution is 2.19. The van der Waals surface area contributed by atoms with Crippen LogP contribution in [0.2, 0.25) is 5.28 Å². The van der Waals surface area contributed by atoms with Crippen LogP contribution in [-0.4, -0.2) is 36.9 Å². The quantitative estimate of drug-likeness (QED) is 0.694. The van der Waals surface area contributed by atoms with Gasteiger partial charge in [-0.3, -0.25) is 5.10 Å². The molecule has 0 amide bonds. The van der Waals surface area contributed by atoms with Crippen LogP contribution in [-0.2, 0) is 6.42 Å². The maximum Gasteiger partial charge on any atom is 0.226 e. The van der Waals surface area contributed by atoms with Crippen LogP contribution in [0, 0.1) is 6.92 Å². The maximum absolute atomic E-state index is 5.83. The molecule has 0 aliphatic carbocycles. The number of nitrogens with zero attached hydrogens (tertiary/aromatic N) is 5. The number of halogens is 1. The second-order valence-electron chi connectivity index (χ2n) is 3.88. The van der Waals surface area contributed by atoms with Crippen molar-refractivity contribution in [3.8, 4) is 0 Å². The van der Waals surface area contributed by atoms with Crippen molar-refractivity contribution in [2.75, 3.05) is 11.9 Å². The number of aromatic nitrogens is 6. The van der Waals surface area contributed by atoms with Gasteiger partial charge in [0.15, 0.2) is 11.5 Å². The molecule has 0 fully saturated rings. The number of anilines is 1. The zero-order valence-electron chi connectivity index (χ0n) is 10.0. The average Bonchev–Trinajstić information content (AvgIpc) is 2.98. The van der Waals surface area contributed by atoms with Crippen molar-refractivity contribution in [1.29, 1.82) is 0 Å². The first-order valence-corrected chi connectivity index (χ1v) is 6.00. The van der Waals surface area contributed by atoms with Crippen LogP contribution in [0.1, 0.15) is 11.7 Å². The molecule has 0 radical (unpaired) electrons. The van der Waals surface area contributed by atoms with E-state index in [0.717, 1.165) is 5.39 Å². The summed E-state index contributed by atoms with van der Waals surface area (Å²) >= 11 is 5.83. The summed E-state index contributed by atoms with van der Waals surface area (Å²) in [6, 6.07) is 0. The van der Waals surface area contributed by atoms with Gasteiger partial charge in [0.2, 0.25) is 11.2 Å².